The number of ether oxygens (including phenoxy) is 1. The molecule has 126 valence electrons. The van der Waals surface area contributed by atoms with E-state index in [4.69, 9.17) is 4.74 Å². The molecule has 1 unspecified atom stereocenters. The predicted molar refractivity (Wildman–Crippen MR) is 91.9 cm³/mol. The minimum Gasteiger partial charge on any atom is -0.461 e. The van der Waals surface area contributed by atoms with Crippen LogP contribution in [0.15, 0.2) is 42.5 Å². The van der Waals surface area contributed by atoms with Crippen LogP contribution in [0.25, 0.3) is 0 Å². The van der Waals surface area contributed by atoms with Crippen molar-refractivity contribution in [1.82, 2.24) is 10.3 Å². The van der Waals surface area contributed by atoms with Crippen molar-refractivity contribution < 1.29 is 14.3 Å². The second kappa shape index (κ2) is 8.24. The van der Waals surface area contributed by atoms with Crippen LogP contribution < -0.4 is 5.32 Å². The molecule has 0 saturated carbocycles. The van der Waals surface area contributed by atoms with Gasteiger partial charge in [-0.25, -0.2) is 9.78 Å². The van der Waals surface area contributed by atoms with E-state index in [2.05, 4.69) is 29.4 Å². The summed E-state index contributed by atoms with van der Waals surface area (Å²) in [6.45, 7) is 6.00. The smallest absolute Gasteiger partial charge is 0.356 e. The number of hydrogen-bond donors (Lipinski definition) is 1. The summed E-state index contributed by atoms with van der Waals surface area (Å²) in [5, 5.41) is 2.89. The number of benzene rings is 1. The number of rotatable bonds is 6. The molecule has 0 spiro atoms. The van der Waals surface area contributed by atoms with E-state index in [0.717, 1.165) is 12.0 Å². The lowest BCUT2D eigenvalue weighted by Crippen LogP contribution is -2.28. The highest BCUT2D eigenvalue weighted by Crippen LogP contribution is 2.14. The molecule has 0 aliphatic heterocycles. The lowest BCUT2D eigenvalue weighted by Gasteiger charge is -2.14. The van der Waals surface area contributed by atoms with Crippen molar-refractivity contribution in [3.8, 4) is 0 Å². The Morgan fingerprint density at radius 1 is 1.08 bits per heavy atom. The van der Waals surface area contributed by atoms with Crippen LogP contribution in [-0.2, 0) is 11.2 Å². The minimum atomic E-state index is -0.532. The number of pyridine rings is 1. The maximum Gasteiger partial charge on any atom is 0.356 e. The largest absolute Gasteiger partial charge is 0.461 e. The molecule has 0 aliphatic carbocycles. The van der Waals surface area contributed by atoms with Crippen LogP contribution in [0, 0.1) is 0 Å². The number of nitrogens with one attached hydrogen (secondary N) is 1. The van der Waals surface area contributed by atoms with Crippen molar-refractivity contribution in [2.45, 2.75) is 33.2 Å². The van der Waals surface area contributed by atoms with Crippen molar-refractivity contribution in [2.75, 3.05) is 6.61 Å². The fourth-order valence-corrected chi connectivity index (χ4v) is 2.28. The highest BCUT2D eigenvalue weighted by atomic mass is 16.5. The van der Waals surface area contributed by atoms with Crippen LogP contribution in [-0.4, -0.2) is 23.5 Å². The maximum absolute atomic E-state index is 12.4. The molecular formula is C19H22N2O3. The van der Waals surface area contributed by atoms with E-state index in [1.54, 1.807) is 19.1 Å². The molecule has 0 aliphatic rings. The van der Waals surface area contributed by atoms with E-state index in [0.29, 0.717) is 0 Å². The van der Waals surface area contributed by atoms with Crippen molar-refractivity contribution in [3.63, 3.8) is 0 Å². The zero-order valence-corrected chi connectivity index (χ0v) is 14.2. The molecule has 0 bridgehead atoms. The summed E-state index contributed by atoms with van der Waals surface area (Å²) in [7, 11) is 0. The third kappa shape index (κ3) is 4.41. The molecule has 1 N–H and O–H groups in total. The van der Waals surface area contributed by atoms with Crippen molar-refractivity contribution >= 4 is 11.9 Å². The average Bonchev–Trinajstić information content (AvgIpc) is 2.62. The number of carbonyl (C=O) groups is 2. The van der Waals surface area contributed by atoms with Gasteiger partial charge in [0.2, 0.25) is 0 Å². The van der Waals surface area contributed by atoms with Crippen molar-refractivity contribution in [3.05, 3.63) is 65.0 Å². The first kappa shape index (κ1) is 17.7. The van der Waals surface area contributed by atoms with E-state index in [9.17, 15) is 9.59 Å². The number of esters is 1. The van der Waals surface area contributed by atoms with E-state index >= 15 is 0 Å². The molecule has 24 heavy (non-hydrogen) atoms. The Bertz CT molecular complexity index is 711. The maximum atomic E-state index is 12.4. The average molecular weight is 326 g/mol. The van der Waals surface area contributed by atoms with Gasteiger partial charge >= 0.3 is 5.97 Å². The van der Waals surface area contributed by atoms with Gasteiger partial charge in [-0.2, -0.15) is 0 Å². The SMILES string of the molecule is CCOC(=O)c1cccc(C(=O)NC(C)c2ccc(CC)cc2)n1. The normalized spacial score (nSPS) is 11.6. The van der Waals surface area contributed by atoms with E-state index in [-0.39, 0.29) is 29.9 Å². The summed E-state index contributed by atoms with van der Waals surface area (Å²) in [5.41, 5.74) is 2.59. The van der Waals surface area contributed by atoms with Gasteiger partial charge in [-0.05, 0) is 43.5 Å². The van der Waals surface area contributed by atoms with Gasteiger partial charge in [-0.1, -0.05) is 37.3 Å². The van der Waals surface area contributed by atoms with Gasteiger partial charge in [0.1, 0.15) is 11.4 Å². The number of aromatic nitrogens is 1. The number of aryl methyl sites for hydroxylation is 1. The van der Waals surface area contributed by atoms with Crippen LogP contribution in [0.4, 0.5) is 0 Å². The Hall–Kier alpha value is -2.69. The Balaban J connectivity index is 2.08. The predicted octanol–water partition coefficient (Wildman–Crippen LogP) is 3.31. The molecule has 1 aromatic heterocycles. The lowest BCUT2D eigenvalue weighted by molar-refractivity contribution is 0.0519. The van der Waals surface area contributed by atoms with Gasteiger partial charge < -0.3 is 10.1 Å². The van der Waals surface area contributed by atoms with Gasteiger partial charge in [0.05, 0.1) is 12.6 Å². The zero-order chi connectivity index (χ0) is 17.5. The number of nitrogens with zero attached hydrogens (tertiary/aromatic N) is 1. The van der Waals surface area contributed by atoms with Gasteiger partial charge in [0.25, 0.3) is 5.91 Å². The molecular weight excluding hydrogens is 304 g/mol. The molecule has 1 aromatic carbocycles. The first-order chi connectivity index (χ1) is 11.5. The van der Waals surface area contributed by atoms with Gasteiger partial charge in [0.15, 0.2) is 0 Å². The fourth-order valence-electron chi connectivity index (χ4n) is 2.28. The van der Waals surface area contributed by atoms with Crippen LogP contribution in [0.2, 0.25) is 0 Å². The summed E-state index contributed by atoms with van der Waals surface area (Å²) in [4.78, 5) is 28.1. The summed E-state index contributed by atoms with van der Waals surface area (Å²) in [5.74, 6) is -0.858. The molecule has 0 fully saturated rings. The second-order valence-corrected chi connectivity index (χ2v) is 5.42. The quantitative estimate of drug-likeness (QED) is 0.827. The van der Waals surface area contributed by atoms with Crippen LogP contribution in [0.5, 0.6) is 0 Å². The molecule has 5 nitrogen and oxygen atoms in total. The van der Waals surface area contributed by atoms with Crippen molar-refractivity contribution in [2.24, 2.45) is 0 Å². The molecule has 2 aromatic rings. The van der Waals surface area contributed by atoms with E-state index in [1.165, 1.54) is 11.6 Å². The summed E-state index contributed by atoms with van der Waals surface area (Å²) >= 11 is 0. The van der Waals surface area contributed by atoms with E-state index < -0.39 is 5.97 Å². The Labute approximate surface area is 142 Å². The molecule has 1 atom stereocenters. The highest BCUT2D eigenvalue weighted by Gasteiger charge is 2.15. The summed E-state index contributed by atoms with van der Waals surface area (Å²) < 4.78 is 4.90. The minimum absolute atomic E-state index is 0.129. The summed E-state index contributed by atoms with van der Waals surface area (Å²) in [6, 6.07) is 12.7. The molecule has 2 rings (SSSR count). The number of carbonyl (C=O) groups excluding carboxylic acids is 2. The van der Waals surface area contributed by atoms with Crippen LogP contribution in [0.1, 0.15) is 58.9 Å². The Morgan fingerprint density at radius 2 is 1.75 bits per heavy atom. The topological polar surface area (TPSA) is 68.3 Å². The van der Waals surface area contributed by atoms with Gasteiger partial charge in [-0.15, -0.1) is 0 Å². The summed E-state index contributed by atoms with van der Waals surface area (Å²) in [6.07, 6.45) is 0.978. The third-order valence-electron chi connectivity index (χ3n) is 3.70. The first-order valence-corrected chi connectivity index (χ1v) is 8.09. The number of hydrogen-bond acceptors (Lipinski definition) is 4. The fraction of sp³-hybridized carbons (Fsp3) is 0.316. The first-order valence-electron chi connectivity index (χ1n) is 8.09. The molecule has 0 radical (unpaired) electrons. The Kier molecular flexibility index (Phi) is 6.07. The third-order valence-corrected chi connectivity index (χ3v) is 3.70. The molecule has 5 heteroatoms. The van der Waals surface area contributed by atoms with Crippen LogP contribution in [0.3, 0.4) is 0 Å². The monoisotopic (exact) mass is 326 g/mol. The van der Waals surface area contributed by atoms with Crippen LogP contribution >= 0.6 is 0 Å². The molecule has 0 saturated heterocycles. The molecule has 1 heterocycles. The lowest BCUT2D eigenvalue weighted by atomic mass is 10.0. The van der Waals surface area contributed by atoms with E-state index in [1.807, 2.05) is 19.1 Å². The van der Waals surface area contributed by atoms with Crippen molar-refractivity contribution in [1.29, 1.82) is 0 Å². The van der Waals surface area contributed by atoms with Gasteiger partial charge in [0, 0.05) is 0 Å². The molecule has 1 amide bonds. The van der Waals surface area contributed by atoms with Gasteiger partial charge in [-0.3, -0.25) is 4.79 Å². The Morgan fingerprint density at radius 3 is 2.38 bits per heavy atom. The zero-order valence-electron chi connectivity index (χ0n) is 14.2. The number of amides is 1. The highest BCUT2D eigenvalue weighted by molar-refractivity contribution is 5.94. The standard InChI is InChI=1S/C19H22N2O3/c1-4-14-9-11-15(12-10-14)13(3)20-18(22)16-7-6-8-17(21-16)19(23)24-5-2/h6-13H,4-5H2,1-3H3,(H,20,22). The second-order valence-electron chi connectivity index (χ2n) is 5.42.